The van der Waals surface area contributed by atoms with Crippen molar-refractivity contribution in [2.75, 3.05) is 19.7 Å². The number of pyridine rings is 1. The molecule has 1 aliphatic rings. The van der Waals surface area contributed by atoms with Gasteiger partial charge in [-0.15, -0.1) is 5.10 Å². The number of rotatable bonds is 6. The van der Waals surface area contributed by atoms with Crippen molar-refractivity contribution in [2.24, 2.45) is 7.05 Å². The summed E-state index contributed by atoms with van der Waals surface area (Å²) >= 11 is 6.44. The Morgan fingerprint density at radius 2 is 2.00 bits per heavy atom. The second kappa shape index (κ2) is 10.3. The first-order valence-electron chi connectivity index (χ1n) is 12.3. The number of hydrogen-bond acceptors (Lipinski definition) is 5. The summed E-state index contributed by atoms with van der Waals surface area (Å²) in [6.45, 7) is 5.22. The fourth-order valence-corrected chi connectivity index (χ4v) is 5.18. The van der Waals surface area contributed by atoms with E-state index in [0.717, 1.165) is 11.3 Å². The maximum atomic E-state index is 13.6. The Hall–Kier alpha value is -3.85. The first kappa shape index (κ1) is 24.8. The van der Waals surface area contributed by atoms with Crippen LogP contribution in [0.15, 0.2) is 54.9 Å². The molecule has 192 valence electrons. The fourth-order valence-electron chi connectivity index (χ4n) is 4.92. The van der Waals surface area contributed by atoms with E-state index in [4.69, 9.17) is 16.3 Å². The third kappa shape index (κ3) is 4.91. The van der Waals surface area contributed by atoms with Gasteiger partial charge in [0.15, 0.2) is 5.65 Å². The zero-order chi connectivity index (χ0) is 26.1. The molecule has 3 aromatic heterocycles. The van der Waals surface area contributed by atoms with Crippen LogP contribution in [0.3, 0.4) is 0 Å². The van der Waals surface area contributed by atoms with Crippen molar-refractivity contribution in [3.63, 3.8) is 0 Å². The van der Waals surface area contributed by atoms with Crippen molar-refractivity contribution in [1.82, 2.24) is 29.4 Å². The Morgan fingerprint density at radius 1 is 1.22 bits per heavy atom. The van der Waals surface area contributed by atoms with Crippen molar-refractivity contribution in [2.45, 2.75) is 32.2 Å². The molecule has 0 bridgehead atoms. The topological polar surface area (TPSA) is 93.8 Å². The summed E-state index contributed by atoms with van der Waals surface area (Å²) in [5.41, 5.74) is 3.52. The molecule has 0 saturated carbocycles. The van der Waals surface area contributed by atoms with Crippen molar-refractivity contribution in [1.29, 1.82) is 0 Å². The number of carbonyl (C=O) groups excluding carboxylic acids is 2. The van der Waals surface area contributed by atoms with Crippen molar-refractivity contribution >= 4 is 29.1 Å². The molecule has 5 rings (SSSR count). The number of carbonyl (C=O) groups is 2. The summed E-state index contributed by atoms with van der Waals surface area (Å²) in [6, 6.07) is 13.1. The van der Waals surface area contributed by atoms with Crippen LogP contribution in [0.5, 0.6) is 5.88 Å². The third-order valence-corrected chi connectivity index (χ3v) is 7.10. The number of fused-ring (bicyclic) bond motifs is 1. The van der Waals surface area contributed by atoms with Crippen LogP contribution in [0.25, 0.3) is 5.65 Å². The van der Waals surface area contributed by atoms with Gasteiger partial charge in [-0.2, -0.15) is 0 Å². The molecule has 0 aliphatic carbocycles. The molecule has 4 heterocycles. The average Bonchev–Trinajstić information content (AvgIpc) is 3.46. The van der Waals surface area contributed by atoms with Gasteiger partial charge in [-0.1, -0.05) is 41.9 Å². The minimum Gasteiger partial charge on any atom is -0.477 e. The maximum absolute atomic E-state index is 13.6. The van der Waals surface area contributed by atoms with Gasteiger partial charge in [0.05, 0.1) is 17.2 Å². The smallest absolute Gasteiger partial charge is 0.269 e. The fraction of sp³-hybridized carbons (Fsp3) is 0.333. The van der Waals surface area contributed by atoms with E-state index in [1.165, 1.54) is 4.68 Å². The lowest BCUT2D eigenvalue weighted by atomic mass is 9.85. The third-order valence-electron chi connectivity index (χ3n) is 6.82. The van der Waals surface area contributed by atoms with Gasteiger partial charge in [0.25, 0.3) is 11.8 Å². The Morgan fingerprint density at radius 3 is 2.76 bits per heavy atom. The molecule has 37 heavy (non-hydrogen) atoms. The molecule has 2 atom stereocenters. The van der Waals surface area contributed by atoms with Gasteiger partial charge in [0, 0.05) is 56.3 Å². The van der Waals surface area contributed by atoms with E-state index < -0.39 is 0 Å². The Kier molecular flexibility index (Phi) is 6.88. The van der Waals surface area contributed by atoms with E-state index in [1.807, 2.05) is 53.5 Å². The highest BCUT2D eigenvalue weighted by Gasteiger charge is 2.34. The summed E-state index contributed by atoms with van der Waals surface area (Å²) in [4.78, 5) is 32.9. The van der Waals surface area contributed by atoms with Gasteiger partial charge in [-0.3, -0.25) is 14.3 Å². The molecule has 1 aliphatic heterocycles. The first-order valence-corrected chi connectivity index (χ1v) is 12.7. The van der Waals surface area contributed by atoms with Gasteiger partial charge in [-0.25, -0.2) is 4.98 Å². The Labute approximate surface area is 220 Å². The standard InChI is InChI=1S/C27H29ClN6O3/c1-4-37-24-13-23(32(3)31-24)26(35)30-22-10-11-33(16-20(22)18-8-6-5-7-9-18)27(36)19-12-21(28)25-29-14-17(2)34(25)15-19/h5-9,12-15,20,22H,4,10-11,16H2,1-3H3,(H,30,35)/t20-,22-/m1/s1. The predicted molar refractivity (Wildman–Crippen MR) is 140 cm³/mol. The largest absolute Gasteiger partial charge is 0.477 e. The normalized spacial score (nSPS) is 17.7. The molecule has 1 aromatic carbocycles. The average molecular weight is 521 g/mol. The molecule has 1 saturated heterocycles. The van der Waals surface area contributed by atoms with Crippen LogP contribution in [0.2, 0.25) is 5.02 Å². The van der Waals surface area contributed by atoms with Gasteiger partial charge in [-0.05, 0) is 31.9 Å². The number of likely N-dealkylation sites (tertiary alicyclic amines) is 1. The van der Waals surface area contributed by atoms with E-state index in [1.54, 1.807) is 31.6 Å². The molecule has 0 radical (unpaired) electrons. The van der Waals surface area contributed by atoms with Crippen LogP contribution in [0.1, 0.15) is 51.4 Å². The number of aryl methyl sites for hydroxylation is 2. The quantitative estimate of drug-likeness (QED) is 0.417. The van der Waals surface area contributed by atoms with Gasteiger partial charge in [0.2, 0.25) is 5.88 Å². The number of nitrogens with one attached hydrogen (secondary N) is 1. The molecule has 1 N–H and O–H groups in total. The highest BCUT2D eigenvalue weighted by atomic mass is 35.5. The van der Waals surface area contributed by atoms with Crippen LogP contribution in [0, 0.1) is 6.92 Å². The Balaban J connectivity index is 1.39. The molecule has 4 aromatic rings. The molecule has 0 spiro atoms. The number of amides is 2. The highest BCUT2D eigenvalue weighted by molar-refractivity contribution is 6.33. The van der Waals surface area contributed by atoms with E-state index in [0.29, 0.717) is 53.9 Å². The van der Waals surface area contributed by atoms with Crippen LogP contribution in [-0.4, -0.2) is 61.6 Å². The SMILES string of the molecule is CCOc1cc(C(=O)N[C@@H]2CCN(C(=O)c3cc(Cl)c4ncc(C)n4c3)C[C@@H]2c2ccccc2)n(C)n1. The highest BCUT2D eigenvalue weighted by Crippen LogP contribution is 2.30. The zero-order valence-corrected chi connectivity index (χ0v) is 21.8. The minimum atomic E-state index is -0.223. The summed E-state index contributed by atoms with van der Waals surface area (Å²) < 4.78 is 8.80. The number of benzene rings is 1. The maximum Gasteiger partial charge on any atom is 0.269 e. The zero-order valence-electron chi connectivity index (χ0n) is 21.0. The van der Waals surface area contributed by atoms with E-state index >= 15 is 0 Å². The summed E-state index contributed by atoms with van der Waals surface area (Å²) in [6.07, 6.45) is 4.12. The van der Waals surface area contributed by atoms with Crippen LogP contribution in [-0.2, 0) is 7.05 Å². The molecule has 1 fully saturated rings. The van der Waals surface area contributed by atoms with Crippen molar-refractivity contribution in [3.8, 4) is 5.88 Å². The summed E-state index contributed by atoms with van der Waals surface area (Å²) in [5, 5.41) is 7.88. The minimum absolute atomic E-state index is 0.0865. The van der Waals surface area contributed by atoms with E-state index in [-0.39, 0.29) is 23.8 Å². The molecule has 0 unspecified atom stereocenters. The monoisotopic (exact) mass is 520 g/mol. The number of hydrogen-bond donors (Lipinski definition) is 1. The summed E-state index contributed by atoms with van der Waals surface area (Å²) in [5.74, 6) is 0.00522. The molecular formula is C27H29ClN6O3. The van der Waals surface area contributed by atoms with Gasteiger partial charge in [0.1, 0.15) is 5.69 Å². The number of ether oxygens (including phenoxy) is 1. The number of piperidine rings is 1. The second-order valence-corrected chi connectivity index (χ2v) is 9.64. The van der Waals surface area contributed by atoms with Gasteiger partial charge < -0.3 is 19.4 Å². The predicted octanol–water partition coefficient (Wildman–Crippen LogP) is 3.86. The van der Waals surface area contributed by atoms with Crippen LogP contribution < -0.4 is 10.1 Å². The molecule has 2 amide bonds. The molecule has 10 heteroatoms. The van der Waals surface area contributed by atoms with E-state index in [2.05, 4.69) is 15.4 Å². The van der Waals surface area contributed by atoms with Crippen LogP contribution in [0.4, 0.5) is 0 Å². The number of aromatic nitrogens is 4. The van der Waals surface area contributed by atoms with Crippen LogP contribution >= 0.6 is 11.6 Å². The Bertz CT molecular complexity index is 1450. The van der Waals surface area contributed by atoms with Gasteiger partial charge >= 0.3 is 0 Å². The second-order valence-electron chi connectivity index (χ2n) is 9.23. The van der Waals surface area contributed by atoms with Crippen molar-refractivity contribution < 1.29 is 14.3 Å². The molecule has 9 nitrogen and oxygen atoms in total. The first-order chi connectivity index (χ1) is 17.9. The number of nitrogens with zero attached hydrogens (tertiary/aromatic N) is 5. The number of imidazole rings is 1. The lowest BCUT2D eigenvalue weighted by Gasteiger charge is -2.39. The van der Waals surface area contributed by atoms with Crippen molar-refractivity contribution in [3.05, 3.63) is 82.4 Å². The lowest BCUT2D eigenvalue weighted by molar-refractivity contribution is 0.0670. The molecular weight excluding hydrogens is 492 g/mol. The summed E-state index contributed by atoms with van der Waals surface area (Å²) in [7, 11) is 1.72. The lowest BCUT2D eigenvalue weighted by Crippen LogP contribution is -2.51. The number of halogens is 1. The van der Waals surface area contributed by atoms with E-state index in [9.17, 15) is 9.59 Å².